The van der Waals surface area contributed by atoms with Crippen LogP contribution in [0.5, 0.6) is 0 Å². The largest absolute Gasteiger partial charge is 0.464 e. The molecule has 0 saturated carbocycles. The van der Waals surface area contributed by atoms with E-state index in [2.05, 4.69) is 0 Å². The molecule has 0 bridgehead atoms. The standard InChI is InChI=1S/C13H14O2/c1-2-10(9-14)8-12-5-3-4-11-6-7-15-13(11)12/h3-7,9-10H,2,8H2,1H3. The molecule has 1 aromatic carbocycles. The second kappa shape index (κ2) is 4.30. The maximum Gasteiger partial charge on any atom is 0.137 e. The summed E-state index contributed by atoms with van der Waals surface area (Å²) in [6.07, 6.45) is 4.36. The van der Waals surface area contributed by atoms with Crippen molar-refractivity contribution in [1.82, 2.24) is 0 Å². The number of hydrogen-bond donors (Lipinski definition) is 0. The fourth-order valence-electron chi connectivity index (χ4n) is 1.79. The molecule has 2 rings (SSSR count). The van der Waals surface area contributed by atoms with Crippen LogP contribution in [0.1, 0.15) is 18.9 Å². The van der Waals surface area contributed by atoms with Crippen molar-refractivity contribution in [3.05, 3.63) is 36.1 Å². The van der Waals surface area contributed by atoms with Gasteiger partial charge < -0.3 is 9.21 Å². The van der Waals surface area contributed by atoms with Gasteiger partial charge in [-0.05, 0) is 24.5 Å². The van der Waals surface area contributed by atoms with Crippen LogP contribution in [0.25, 0.3) is 11.0 Å². The second-order valence-electron chi connectivity index (χ2n) is 3.76. The van der Waals surface area contributed by atoms with E-state index in [-0.39, 0.29) is 5.92 Å². The Morgan fingerprint density at radius 3 is 3.00 bits per heavy atom. The van der Waals surface area contributed by atoms with Crippen LogP contribution in [0.15, 0.2) is 34.9 Å². The molecular formula is C13H14O2. The quantitative estimate of drug-likeness (QED) is 0.713. The highest BCUT2D eigenvalue weighted by molar-refractivity contribution is 5.80. The van der Waals surface area contributed by atoms with Gasteiger partial charge in [-0.3, -0.25) is 0 Å². The van der Waals surface area contributed by atoms with Gasteiger partial charge in [-0.15, -0.1) is 0 Å². The van der Waals surface area contributed by atoms with Gasteiger partial charge in [0.15, 0.2) is 0 Å². The Morgan fingerprint density at radius 2 is 2.27 bits per heavy atom. The van der Waals surface area contributed by atoms with E-state index in [4.69, 9.17) is 4.42 Å². The molecule has 2 aromatic rings. The zero-order valence-electron chi connectivity index (χ0n) is 8.77. The summed E-state index contributed by atoms with van der Waals surface area (Å²) in [5.74, 6) is 0.0979. The number of fused-ring (bicyclic) bond motifs is 1. The Hall–Kier alpha value is -1.57. The van der Waals surface area contributed by atoms with Crippen LogP contribution in [0.3, 0.4) is 0 Å². The predicted molar refractivity (Wildman–Crippen MR) is 59.8 cm³/mol. The molecule has 0 aliphatic heterocycles. The molecular weight excluding hydrogens is 188 g/mol. The van der Waals surface area contributed by atoms with Crippen molar-refractivity contribution in [2.45, 2.75) is 19.8 Å². The number of para-hydroxylation sites is 1. The third-order valence-electron chi connectivity index (χ3n) is 2.76. The van der Waals surface area contributed by atoms with Gasteiger partial charge in [-0.25, -0.2) is 0 Å². The Kier molecular flexibility index (Phi) is 2.86. The van der Waals surface area contributed by atoms with Gasteiger partial charge in [0, 0.05) is 11.3 Å². The minimum Gasteiger partial charge on any atom is -0.464 e. The smallest absolute Gasteiger partial charge is 0.137 e. The molecule has 1 heterocycles. The van der Waals surface area contributed by atoms with Crippen molar-refractivity contribution in [1.29, 1.82) is 0 Å². The first kappa shape index (κ1) is 9.97. The van der Waals surface area contributed by atoms with Crippen molar-refractivity contribution in [2.24, 2.45) is 5.92 Å². The highest BCUT2D eigenvalue weighted by atomic mass is 16.3. The average Bonchev–Trinajstić information content (AvgIpc) is 2.74. The van der Waals surface area contributed by atoms with Crippen molar-refractivity contribution in [3.63, 3.8) is 0 Å². The van der Waals surface area contributed by atoms with Gasteiger partial charge in [-0.1, -0.05) is 25.1 Å². The molecule has 0 amide bonds. The first-order valence-corrected chi connectivity index (χ1v) is 5.25. The van der Waals surface area contributed by atoms with Gasteiger partial charge in [0.1, 0.15) is 11.9 Å². The molecule has 0 fully saturated rings. The molecule has 2 nitrogen and oxygen atoms in total. The predicted octanol–water partition coefficient (Wildman–Crippen LogP) is 3.20. The maximum atomic E-state index is 10.8. The molecule has 1 aromatic heterocycles. The van der Waals surface area contributed by atoms with E-state index in [0.29, 0.717) is 0 Å². The van der Waals surface area contributed by atoms with Gasteiger partial charge in [-0.2, -0.15) is 0 Å². The Morgan fingerprint density at radius 1 is 1.40 bits per heavy atom. The molecule has 0 spiro atoms. The van der Waals surface area contributed by atoms with Crippen molar-refractivity contribution in [2.75, 3.05) is 0 Å². The van der Waals surface area contributed by atoms with Crippen molar-refractivity contribution < 1.29 is 9.21 Å². The summed E-state index contributed by atoms with van der Waals surface area (Å²) in [6, 6.07) is 7.99. The number of carbonyl (C=O) groups is 1. The Bertz CT molecular complexity index is 456. The average molecular weight is 202 g/mol. The van der Waals surface area contributed by atoms with E-state index < -0.39 is 0 Å². The minimum atomic E-state index is 0.0979. The lowest BCUT2D eigenvalue weighted by Gasteiger charge is -2.07. The monoisotopic (exact) mass is 202 g/mol. The first-order chi connectivity index (χ1) is 7.35. The lowest BCUT2D eigenvalue weighted by Crippen LogP contribution is -2.04. The van der Waals surface area contributed by atoms with E-state index in [1.807, 2.05) is 31.2 Å². The molecule has 1 atom stereocenters. The van der Waals surface area contributed by atoms with Crippen LogP contribution in [-0.4, -0.2) is 6.29 Å². The highest BCUT2D eigenvalue weighted by Gasteiger charge is 2.10. The zero-order valence-corrected chi connectivity index (χ0v) is 8.77. The summed E-state index contributed by atoms with van der Waals surface area (Å²) in [7, 11) is 0. The van der Waals surface area contributed by atoms with Crippen LogP contribution in [-0.2, 0) is 11.2 Å². The molecule has 2 heteroatoms. The number of aldehydes is 1. The first-order valence-electron chi connectivity index (χ1n) is 5.25. The third-order valence-corrected chi connectivity index (χ3v) is 2.76. The lowest BCUT2D eigenvalue weighted by atomic mass is 9.97. The minimum absolute atomic E-state index is 0.0979. The Balaban J connectivity index is 2.34. The summed E-state index contributed by atoms with van der Waals surface area (Å²) in [5.41, 5.74) is 2.04. The number of rotatable bonds is 4. The topological polar surface area (TPSA) is 30.2 Å². The normalized spacial score (nSPS) is 12.9. The molecule has 15 heavy (non-hydrogen) atoms. The van der Waals surface area contributed by atoms with Gasteiger partial charge in [0.25, 0.3) is 0 Å². The van der Waals surface area contributed by atoms with E-state index in [9.17, 15) is 4.79 Å². The highest BCUT2D eigenvalue weighted by Crippen LogP contribution is 2.22. The van der Waals surface area contributed by atoms with Crippen LogP contribution in [0, 0.1) is 5.92 Å². The van der Waals surface area contributed by atoms with Gasteiger partial charge in [0.05, 0.1) is 6.26 Å². The molecule has 78 valence electrons. The zero-order chi connectivity index (χ0) is 10.7. The molecule has 0 aliphatic rings. The molecule has 0 saturated heterocycles. The molecule has 1 unspecified atom stereocenters. The van der Waals surface area contributed by atoms with Gasteiger partial charge in [0.2, 0.25) is 0 Å². The van der Waals surface area contributed by atoms with E-state index in [1.165, 1.54) is 0 Å². The van der Waals surface area contributed by atoms with Crippen LogP contribution >= 0.6 is 0 Å². The number of benzene rings is 1. The Labute approximate surface area is 88.9 Å². The van der Waals surface area contributed by atoms with Crippen molar-refractivity contribution >= 4 is 17.3 Å². The lowest BCUT2D eigenvalue weighted by molar-refractivity contribution is -0.111. The summed E-state index contributed by atoms with van der Waals surface area (Å²) >= 11 is 0. The summed E-state index contributed by atoms with van der Waals surface area (Å²) in [6.45, 7) is 2.03. The fourth-order valence-corrected chi connectivity index (χ4v) is 1.79. The molecule has 0 aliphatic carbocycles. The molecule has 0 N–H and O–H groups in total. The molecule has 0 radical (unpaired) electrons. The van der Waals surface area contributed by atoms with E-state index >= 15 is 0 Å². The van der Waals surface area contributed by atoms with Crippen molar-refractivity contribution in [3.8, 4) is 0 Å². The maximum absolute atomic E-state index is 10.8. The fraction of sp³-hybridized carbons (Fsp3) is 0.308. The summed E-state index contributed by atoms with van der Waals surface area (Å²) < 4.78 is 5.42. The third kappa shape index (κ3) is 1.94. The van der Waals surface area contributed by atoms with Crippen LogP contribution in [0.4, 0.5) is 0 Å². The second-order valence-corrected chi connectivity index (χ2v) is 3.76. The summed E-state index contributed by atoms with van der Waals surface area (Å²) in [4.78, 5) is 10.8. The SMILES string of the molecule is CCC(C=O)Cc1cccc2ccoc12. The van der Waals surface area contributed by atoms with E-state index in [1.54, 1.807) is 6.26 Å². The van der Waals surface area contributed by atoms with E-state index in [0.717, 1.165) is 35.7 Å². The number of furan rings is 1. The number of hydrogen-bond acceptors (Lipinski definition) is 2. The summed E-state index contributed by atoms with van der Waals surface area (Å²) in [5, 5.41) is 1.10. The van der Waals surface area contributed by atoms with Crippen LogP contribution < -0.4 is 0 Å². The van der Waals surface area contributed by atoms with Crippen LogP contribution in [0.2, 0.25) is 0 Å². The van der Waals surface area contributed by atoms with Gasteiger partial charge >= 0.3 is 0 Å². The number of carbonyl (C=O) groups excluding carboxylic acids is 1.